The monoisotopic (exact) mass is 345 g/mol. The number of ether oxygens (including phenoxy) is 2. The van der Waals surface area contributed by atoms with E-state index in [-0.39, 0.29) is 11.6 Å². The van der Waals surface area contributed by atoms with Crippen LogP contribution >= 0.6 is 0 Å². The van der Waals surface area contributed by atoms with Crippen LogP contribution in [0.15, 0.2) is 47.5 Å². The lowest BCUT2D eigenvalue weighted by Crippen LogP contribution is -2.36. The molecule has 0 aliphatic rings. The molecular weight excluding hydrogens is 321 g/mol. The van der Waals surface area contributed by atoms with E-state index < -0.39 is 0 Å². The number of methoxy groups -OCH3 is 1. The summed E-state index contributed by atoms with van der Waals surface area (Å²) in [5.41, 5.74) is 1.83. The van der Waals surface area contributed by atoms with Crippen LogP contribution in [-0.2, 0) is 13.1 Å². The molecule has 0 aromatic heterocycles. The molecule has 0 heterocycles. The van der Waals surface area contributed by atoms with E-state index in [0.29, 0.717) is 25.7 Å². The minimum atomic E-state index is -0.363. The zero-order valence-electron chi connectivity index (χ0n) is 14.8. The van der Waals surface area contributed by atoms with Gasteiger partial charge in [-0.15, -0.1) is 0 Å². The maximum atomic E-state index is 13.9. The SMILES string of the molecule is CCOc1ccc(CNC(=NC)NCc2ccccc2OC)cc1F. The molecule has 5 nitrogen and oxygen atoms in total. The Hall–Kier alpha value is -2.76. The highest BCUT2D eigenvalue weighted by molar-refractivity contribution is 5.79. The fraction of sp³-hybridized carbons (Fsp3) is 0.316. The molecule has 0 aliphatic heterocycles. The summed E-state index contributed by atoms with van der Waals surface area (Å²) in [5.74, 6) is 1.35. The van der Waals surface area contributed by atoms with Crippen molar-refractivity contribution in [2.45, 2.75) is 20.0 Å². The third kappa shape index (κ3) is 5.38. The molecule has 0 saturated carbocycles. The molecule has 0 bridgehead atoms. The summed E-state index contributed by atoms with van der Waals surface area (Å²) in [4.78, 5) is 4.18. The lowest BCUT2D eigenvalue weighted by molar-refractivity contribution is 0.321. The number of benzene rings is 2. The molecular formula is C19H24FN3O2. The highest BCUT2D eigenvalue weighted by Gasteiger charge is 2.06. The second kappa shape index (κ2) is 9.52. The number of guanidine groups is 1. The fourth-order valence-corrected chi connectivity index (χ4v) is 2.36. The minimum absolute atomic E-state index is 0.268. The van der Waals surface area contributed by atoms with Gasteiger partial charge < -0.3 is 20.1 Å². The molecule has 0 aliphatic carbocycles. The summed E-state index contributed by atoms with van der Waals surface area (Å²) >= 11 is 0. The summed E-state index contributed by atoms with van der Waals surface area (Å²) in [7, 11) is 3.34. The van der Waals surface area contributed by atoms with Crippen LogP contribution in [0.4, 0.5) is 4.39 Å². The number of para-hydroxylation sites is 1. The zero-order chi connectivity index (χ0) is 18.1. The normalized spacial score (nSPS) is 11.1. The molecule has 2 aromatic rings. The van der Waals surface area contributed by atoms with E-state index in [1.165, 1.54) is 6.07 Å². The highest BCUT2D eigenvalue weighted by atomic mass is 19.1. The van der Waals surface area contributed by atoms with E-state index in [9.17, 15) is 4.39 Å². The van der Waals surface area contributed by atoms with Gasteiger partial charge in [-0.25, -0.2) is 4.39 Å². The first-order valence-corrected chi connectivity index (χ1v) is 8.15. The average Bonchev–Trinajstić information content (AvgIpc) is 2.64. The van der Waals surface area contributed by atoms with Gasteiger partial charge in [0, 0.05) is 25.7 Å². The third-order valence-electron chi connectivity index (χ3n) is 3.62. The number of hydrogen-bond acceptors (Lipinski definition) is 3. The first-order chi connectivity index (χ1) is 12.2. The summed E-state index contributed by atoms with van der Waals surface area (Å²) < 4.78 is 24.4. The van der Waals surface area contributed by atoms with E-state index in [2.05, 4.69) is 15.6 Å². The molecule has 2 rings (SSSR count). The van der Waals surface area contributed by atoms with Gasteiger partial charge in [0.15, 0.2) is 17.5 Å². The Morgan fingerprint density at radius 1 is 1.08 bits per heavy atom. The van der Waals surface area contributed by atoms with Crippen LogP contribution < -0.4 is 20.1 Å². The Labute approximate surface area is 147 Å². The summed E-state index contributed by atoms with van der Waals surface area (Å²) in [6, 6.07) is 12.7. The predicted molar refractivity (Wildman–Crippen MR) is 97.6 cm³/mol. The van der Waals surface area contributed by atoms with Gasteiger partial charge in [-0.1, -0.05) is 24.3 Å². The molecule has 6 heteroatoms. The second-order valence-electron chi connectivity index (χ2n) is 5.29. The third-order valence-corrected chi connectivity index (χ3v) is 3.62. The van der Waals surface area contributed by atoms with E-state index >= 15 is 0 Å². The van der Waals surface area contributed by atoms with Crippen LogP contribution in [0.3, 0.4) is 0 Å². The molecule has 25 heavy (non-hydrogen) atoms. The Kier molecular flexibility index (Phi) is 7.07. The average molecular weight is 345 g/mol. The van der Waals surface area contributed by atoms with Crippen molar-refractivity contribution in [3.63, 3.8) is 0 Å². The topological polar surface area (TPSA) is 54.9 Å². The zero-order valence-corrected chi connectivity index (χ0v) is 14.8. The lowest BCUT2D eigenvalue weighted by atomic mass is 10.2. The van der Waals surface area contributed by atoms with Crippen LogP contribution in [0, 0.1) is 5.82 Å². The quantitative estimate of drug-likeness (QED) is 0.598. The predicted octanol–water partition coefficient (Wildman–Crippen LogP) is 3.10. The Morgan fingerprint density at radius 3 is 2.52 bits per heavy atom. The highest BCUT2D eigenvalue weighted by Crippen LogP contribution is 2.18. The van der Waals surface area contributed by atoms with Gasteiger partial charge in [0.1, 0.15) is 5.75 Å². The van der Waals surface area contributed by atoms with Crippen molar-refractivity contribution in [3.05, 3.63) is 59.4 Å². The van der Waals surface area contributed by atoms with Gasteiger partial charge in [0.2, 0.25) is 0 Å². The van der Waals surface area contributed by atoms with Crippen molar-refractivity contribution in [1.29, 1.82) is 0 Å². The van der Waals surface area contributed by atoms with E-state index in [4.69, 9.17) is 9.47 Å². The molecule has 134 valence electrons. The van der Waals surface area contributed by atoms with Crippen molar-refractivity contribution in [3.8, 4) is 11.5 Å². The maximum Gasteiger partial charge on any atom is 0.191 e. The number of nitrogens with zero attached hydrogens (tertiary/aromatic N) is 1. The number of rotatable bonds is 7. The van der Waals surface area contributed by atoms with E-state index in [1.54, 1.807) is 20.2 Å². The number of halogens is 1. The van der Waals surface area contributed by atoms with Gasteiger partial charge >= 0.3 is 0 Å². The molecule has 0 radical (unpaired) electrons. The van der Waals surface area contributed by atoms with Crippen molar-refractivity contribution < 1.29 is 13.9 Å². The van der Waals surface area contributed by atoms with Crippen molar-refractivity contribution in [1.82, 2.24) is 10.6 Å². The van der Waals surface area contributed by atoms with Crippen LogP contribution in [-0.4, -0.2) is 26.7 Å². The first-order valence-electron chi connectivity index (χ1n) is 8.15. The first kappa shape index (κ1) is 18.6. The van der Waals surface area contributed by atoms with Gasteiger partial charge in [-0.2, -0.15) is 0 Å². The number of aliphatic imine (C=N–C) groups is 1. The van der Waals surface area contributed by atoms with Crippen LogP contribution in [0.1, 0.15) is 18.1 Å². The molecule has 0 unspecified atom stereocenters. The maximum absolute atomic E-state index is 13.9. The second-order valence-corrected chi connectivity index (χ2v) is 5.29. The van der Waals surface area contributed by atoms with Crippen LogP contribution in [0.25, 0.3) is 0 Å². The fourth-order valence-electron chi connectivity index (χ4n) is 2.36. The summed E-state index contributed by atoms with van der Waals surface area (Å²) in [6.07, 6.45) is 0. The number of nitrogens with one attached hydrogen (secondary N) is 2. The lowest BCUT2D eigenvalue weighted by Gasteiger charge is -2.14. The number of hydrogen-bond donors (Lipinski definition) is 2. The molecule has 0 spiro atoms. The molecule has 0 amide bonds. The van der Waals surface area contributed by atoms with Gasteiger partial charge in [-0.3, -0.25) is 4.99 Å². The Bertz CT molecular complexity index is 720. The molecule has 2 N–H and O–H groups in total. The van der Waals surface area contributed by atoms with Gasteiger partial charge in [0.25, 0.3) is 0 Å². The molecule has 0 saturated heterocycles. The Balaban J connectivity index is 1.91. The van der Waals surface area contributed by atoms with Crippen LogP contribution in [0.2, 0.25) is 0 Å². The smallest absolute Gasteiger partial charge is 0.191 e. The summed E-state index contributed by atoms with van der Waals surface area (Å²) in [5, 5.41) is 6.38. The van der Waals surface area contributed by atoms with Crippen LogP contribution in [0.5, 0.6) is 11.5 Å². The minimum Gasteiger partial charge on any atom is -0.496 e. The summed E-state index contributed by atoms with van der Waals surface area (Å²) in [6.45, 7) is 3.29. The Morgan fingerprint density at radius 2 is 1.84 bits per heavy atom. The molecule has 2 aromatic carbocycles. The van der Waals surface area contributed by atoms with Crippen molar-refractivity contribution >= 4 is 5.96 Å². The van der Waals surface area contributed by atoms with Crippen molar-refractivity contribution in [2.75, 3.05) is 20.8 Å². The molecule has 0 fully saturated rings. The van der Waals surface area contributed by atoms with Gasteiger partial charge in [0.05, 0.1) is 13.7 Å². The van der Waals surface area contributed by atoms with E-state index in [1.807, 2.05) is 37.3 Å². The largest absolute Gasteiger partial charge is 0.496 e. The van der Waals surface area contributed by atoms with Gasteiger partial charge in [-0.05, 0) is 30.7 Å². The van der Waals surface area contributed by atoms with E-state index in [0.717, 1.165) is 16.9 Å². The standard InChI is InChI=1S/C19H24FN3O2/c1-4-25-18-10-9-14(11-16(18)20)12-22-19(21-2)23-13-15-7-5-6-8-17(15)24-3/h5-11H,4,12-13H2,1-3H3,(H2,21,22,23). The van der Waals surface area contributed by atoms with Crippen molar-refractivity contribution in [2.24, 2.45) is 4.99 Å². The molecule has 0 atom stereocenters.